The van der Waals surface area contributed by atoms with E-state index >= 15 is 0 Å². The van der Waals surface area contributed by atoms with Gasteiger partial charge in [-0.15, -0.1) is 0 Å². The van der Waals surface area contributed by atoms with Crippen LogP contribution in [-0.4, -0.2) is 44.5 Å². The molecule has 3 heterocycles. The second-order valence-corrected chi connectivity index (χ2v) is 6.16. The van der Waals surface area contributed by atoms with Crippen molar-refractivity contribution >= 4 is 17.0 Å². The van der Waals surface area contributed by atoms with Gasteiger partial charge in [-0.2, -0.15) is 0 Å². The van der Waals surface area contributed by atoms with Crippen molar-refractivity contribution < 1.29 is 13.9 Å². The predicted molar refractivity (Wildman–Crippen MR) is 92.7 cm³/mol. The molecular weight excluding hydrogens is 336 g/mol. The van der Waals surface area contributed by atoms with Crippen LogP contribution in [0.15, 0.2) is 52.1 Å². The highest BCUT2D eigenvalue weighted by Crippen LogP contribution is 2.17. The number of oxazole rings is 1. The minimum Gasteiger partial charge on any atom is -0.473 e. The first-order chi connectivity index (χ1) is 12.7. The molecule has 1 saturated heterocycles. The number of benzene rings is 1. The van der Waals surface area contributed by atoms with Crippen LogP contribution in [0.4, 0.5) is 0 Å². The highest BCUT2D eigenvalue weighted by molar-refractivity contribution is 5.79. The van der Waals surface area contributed by atoms with Crippen LogP contribution < -0.4 is 10.5 Å². The summed E-state index contributed by atoms with van der Waals surface area (Å²) in [4.78, 5) is 34.4. The first-order valence-electron chi connectivity index (χ1n) is 8.49. The second-order valence-electron chi connectivity index (χ2n) is 6.16. The van der Waals surface area contributed by atoms with Crippen LogP contribution in [0.2, 0.25) is 0 Å². The van der Waals surface area contributed by atoms with Crippen LogP contribution >= 0.6 is 0 Å². The quantitative estimate of drug-likeness (QED) is 0.704. The molecule has 1 fully saturated rings. The number of piperidine rings is 1. The minimum absolute atomic E-state index is 0.00762. The van der Waals surface area contributed by atoms with Gasteiger partial charge in [-0.3, -0.25) is 14.3 Å². The molecule has 0 bridgehead atoms. The van der Waals surface area contributed by atoms with Crippen molar-refractivity contribution in [2.45, 2.75) is 25.5 Å². The fourth-order valence-corrected chi connectivity index (χ4v) is 3.14. The van der Waals surface area contributed by atoms with Crippen LogP contribution in [0, 0.1) is 0 Å². The first kappa shape index (κ1) is 16.3. The summed E-state index contributed by atoms with van der Waals surface area (Å²) in [5, 5.41) is 0. The van der Waals surface area contributed by atoms with E-state index < -0.39 is 5.76 Å². The molecular formula is C18H18N4O4. The molecule has 26 heavy (non-hydrogen) atoms. The van der Waals surface area contributed by atoms with Crippen molar-refractivity contribution in [1.82, 2.24) is 19.4 Å². The highest BCUT2D eigenvalue weighted by Gasteiger charge is 2.25. The van der Waals surface area contributed by atoms with Crippen LogP contribution in [-0.2, 0) is 11.3 Å². The number of para-hydroxylation sites is 2. The molecule has 8 heteroatoms. The summed E-state index contributed by atoms with van der Waals surface area (Å²) >= 11 is 0. The Bertz CT molecular complexity index is 958. The number of hydrogen-bond donors (Lipinski definition) is 0. The maximum absolute atomic E-state index is 12.6. The number of aromatic nitrogens is 3. The average Bonchev–Trinajstić information content (AvgIpc) is 2.98. The lowest BCUT2D eigenvalue weighted by atomic mass is 10.1. The smallest absolute Gasteiger partial charge is 0.420 e. The van der Waals surface area contributed by atoms with Gasteiger partial charge in [0, 0.05) is 38.3 Å². The van der Waals surface area contributed by atoms with Crippen LogP contribution in [0.25, 0.3) is 11.1 Å². The second kappa shape index (κ2) is 6.99. The minimum atomic E-state index is -0.513. The zero-order valence-corrected chi connectivity index (χ0v) is 14.1. The van der Waals surface area contributed by atoms with E-state index in [-0.39, 0.29) is 18.6 Å². The van der Waals surface area contributed by atoms with Gasteiger partial charge in [0.15, 0.2) is 5.58 Å². The van der Waals surface area contributed by atoms with Gasteiger partial charge in [-0.25, -0.2) is 9.78 Å². The molecule has 0 radical (unpaired) electrons. The van der Waals surface area contributed by atoms with E-state index in [9.17, 15) is 9.59 Å². The Morgan fingerprint density at radius 3 is 2.81 bits per heavy atom. The number of nitrogens with zero attached hydrogens (tertiary/aromatic N) is 4. The number of fused-ring (bicyclic) bond motifs is 1. The van der Waals surface area contributed by atoms with E-state index in [2.05, 4.69) is 9.97 Å². The molecule has 1 aliphatic rings. The molecule has 0 atom stereocenters. The molecule has 0 saturated carbocycles. The molecule has 0 N–H and O–H groups in total. The molecule has 2 aromatic heterocycles. The summed E-state index contributed by atoms with van der Waals surface area (Å²) in [6, 6.07) is 7.09. The number of carbonyl (C=O) groups is 1. The van der Waals surface area contributed by atoms with Gasteiger partial charge in [-0.05, 0) is 12.1 Å². The van der Waals surface area contributed by atoms with Crippen molar-refractivity contribution in [3.63, 3.8) is 0 Å². The van der Waals surface area contributed by atoms with E-state index in [1.54, 1.807) is 41.7 Å². The Kier molecular flexibility index (Phi) is 4.39. The molecule has 4 rings (SSSR count). The van der Waals surface area contributed by atoms with E-state index in [0.717, 1.165) is 0 Å². The number of carbonyl (C=O) groups excluding carboxylic acids is 1. The van der Waals surface area contributed by atoms with Crippen LogP contribution in [0.5, 0.6) is 5.88 Å². The third-order valence-electron chi connectivity index (χ3n) is 4.49. The van der Waals surface area contributed by atoms with Crippen molar-refractivity contribution in [3.8, 4) is 5.88 Å². The molecule has 3 aromatic rings. The highest BCUT2D eigenvalue weighted by atomic mass is 16.5. The topological polar surface area (TPSA) is 90.5 Å². The van der Waals surface area contributed by atoms with Gasteiger partial charge in [0.2, 0.25) is 11.8 Å². The zero-order chi connectivity index (χ0) is 17.9. The average molecular weight is 354 g/mol. The first-order valence-corrected chi connectivity index (χ1v) is 8.49. The SMILES string of the molecule is O=C(Cn1c(=O)oc2ccccc21)N1CCC(Oc2cnccn2)CC1. The number of likely N-dealkylation sites (tertiary alicyclic amines) is 1. The number of ether oxygens (including phenoxy) is 1. The Morgan fingerprint density at radius 1 is 1.23 bits per heavy atom. The predicted octanol–water partition coefficient (Wildman–Crippen LogP) is 1.45. The summed E-state index contributed by atoms with van der Waals surface area (Å²) in [7, 11) is 0. The molecule has 134 valence electrons. The number of amides is 1. The maximum Gasteiger partial charge on any atom is 0.420 e. The van der Waals surface area contributed by atoms with Crippen molar-refractivity contribution in [1.29, 1.82) is 0 Å². The van der Waals surface area contributed by atoms with Crippen LogP contribution in [0.3, 0.4) is 0 Å². The third-order valence-corrected chi connectivity index (χ3v) is 4.49. The largest absolute Gasteiger partial charge is 0.473 e. The van der Waals surface area contributed by atoms with Gasteiger partial charge < -0.3 is 14.1 Å². The van der Waals surface area contributed by atoms with Crippen LogP contribution in [0.1, 0.15) is 12.8 Å². The Labute approximate surface area is 149 Å². The summed E-state index contributed by atoms with van der Waals surface area (Å²) in [5.74, 6) is -0.120. The third kappa shape index (κ3) is 3.30. The van der Waals surface area contributed by atoms with Crippen molar-refractivity contribution in [3.05, 3.63) is 53.4 Å². The van der Waals surface area contributed by atoms with Gasteiger partial charge >= 0.3 is 5.76 Å². The number of hydrogen-bond acceptors (Lipinski definition) is 6. The van der Waals surface area contributed by atoms with Gasteiger partial charge in [0.05, 0.1) is 11.7 Å². The standard InChI is InChI=1S/C18H18N4O4/c23-17(12-22-14-3-1-2-4-15(14)26-18(22)24)21-9-5-13(6-10-21)25-16-11-19-7-8-20-16/h1-4,7-8,11,13H,5-6,9-10,12H2. The maximum atomic E-state index is 12.6. The van der Waals surface area contributed by atoms with Crippen molar-refractivity contribution in [2.24, 2.45) is 0 Å². The van der Waals surface area contributed by atoms with E-state index in [0.29, 0.717) is 42.9 Å². The Hall–Kier alpha value is -3.16. The molecule has 0 spiro atoms. The van der Waals surface area contributed by atoms with Gasteiger partial charge in [0.25, 0.3) is 0 Å². The lowest BCUT2D eigenvalue weighted by Crippen LogP contribution is -2.43. The number of rotatable bonds is 4. The summed E-state index contributed by atoms with van der Waals surface area (Å²) in [6.07, 6.45) is 6.19. The zero-order valence-electron chi connectivity index (χ0n) is 14.1. The molecule has 1 aliphatic heterocycles. The molecule has 0 aliphatic carbocycles. The fourth-order valence-electron chi connectivity index (χ4n) is 3.14. The van der Waals surface area contributed by atoms with Crippen molar-refractivity contribution in [2.75, 3.05) is 13.1 Å². The van der Waals surface area contributed by atoms with E-state index in [1.165, 1.54) is 4.57 Å². The fraction of sp³-hybridized carbons (Fsp3) is 0.333. The molecule has 1 aromatic carbocycles. The Morgan fingerprint density at radius 2 is 2.04 bits per heavy atom. The summed E-state index contributed by atoms with van der Waals surface area (Å²) in [6.45, 7) is 1.13. The summed E-state index contributed by atoms with van der Waals surface area (Å²) < 4.78 is 12.3. The summed E-state index contributed by atoms with van der Waals surface area (Å²) in [5.41, 5.74) is 1.12. The molecule has 1 amide bonds. The lowest BCUT2D eigenvalue weighted by molar-refractivity contribution is -0.133. The monoisotopic (exact) mass is 354 g/mol. The Balaban J connectivity index is 1.38. The van der Waals surface area contributed by atoms with E-state index in [4.69, 9.17) is 9.15 Å². The lowest BCUT2D eigenvalue weighted by Gasteiger charge is -2.31. The molecule has 8 nitrogen and oxygen atoms in total. The normalized spacial score (nSPS) is 15.3. The van der Waals surface area contributed by atoms with Gasteiger partial charge in [0.1, 0.15) is 12.6 Å². The van der Waals surface area contributed by atoms with Gasteiger partial charge in [-0.1, -0.05) is 12.1 Å². The van der Waals surface area contributed by atoms with E-state index in [1.807, 2.05) is 6.07 Å². The molecule has 0 unspecified atom stereocenters.